The van der Waals surface area contributed by atoms with Gasteiger partial charge in [-0.05, 0) is 18.8 Å². The number of anilines is 3. The predicted molar refractivity (Wildman–Crippen MR) is 79.3 cm³/mol. The fourth-order valence-electron chi connectivity index (χ4n) is 2.32. The largest absolute Gasteiger partial charge is 0.395 e. The summed E-state index contributed by atoms with van der Waals surface area (Å²) in [6.45, 7) is 3.74. The first-order valence-corrected chi connectivity index (χ1v) is 6.94. The molecule has 0 bridgehead atoms. The number of nitrogens with one attached hydrogen (secondary N) is 1. The van der Waals surface area contributed by atoms with Gasteiger partial charge in [0, 0.05) is 19.6 Å². The standard InChI is InChI=1S/C12H20N6O3/c1-8-2-5-17(6-3-8)11-9(18(20)21)10(13)15-12(16-11)14-4-7-19/h8,19H,2-7H2,1H3,(H3,13,14,15,16). The van der Waals surface area contributed by atoms with Gasteiger partial charge in [0.25, 0.3) is 0 Å². The van der Waals surface area contributed by atoms with Gasteiger partial charge < -0.3 is 21.1 Å². The summed E-state index contributed by atoms with van der Waals surface area (Å²) in [5, 5.41) is 22.8. The molecule has 0 aliphatic carbocycles. The number of nitrogens with two attached hydrogens (primary N) is 1. The first kappa shape index (κ1) is 15.2. The van der Waals surface area contributed by atoms with Crippen LogP contribution in [-0.2, 0) is 0 Å². The zero-order valence-corrected chi connectivity index (χ0v) is 11.9. The van der Waals surface area contributed by atoms with Crippen LogP contribution < -0.4 is 16.0 Å². The number of piperidine rings is 1. The first-order valence-electron chi connectivity index (χ1n) is 6.94. The highest BCUT2D eigenvalue weighted by atomic mass is 16.6. The van der Waals surface area contributed by atoms with Crippen molar-refractivity contribution in [3.05, 3.63) is 10.1 Å². The lowest BCUT2D eigenvalue weighted by atomic mass is 9.99. The van der Waals surface area contributed by atoms with Crippen molar-refractivity contribution in [2.75, 3.05) is 42.2 Å². The maximum absolute atomic E-state index is 11.2. The molecule has 0 aromatic carbocycles. The van der Waals surface area contributed by atoms with Gasteiger partial charge in [-0.3, -0.25) is 10.1 Å². The predicted octanol–water partition coefficient (Wildman–Crippen LogP) is 0.608. The lowest BCUT2D eigenvalue weighted by molar-refractivity contribution is -0.383. The number of hydrogen-bond acceptors (Lipinski definition) is 8. The Morgan fingerprint density at radius 3 is 2.71 bits per heavy atom. The number of rotatable bonds is 5. The molecule has 4 N–H and O–H groups in total. The highest BCUT2D eigenvalue weighted by Gasteiger charge is 2.29. The summed E-state index contributed by atoms with van der Waals surface area (Å²) in [4.78, 5) is 20.7. The molecule has 2 heterocycles. The van der Waals surface area contributed by atoms with Crippen LogP contribution in [0.15, 0.2) is 0 Å². The van der Waals surface area contributed by atoms with Crippen LogP contribution in [-0.4, -0.2) is 46.2 Å². The number of nitrogen functional groups attached to an aromatic ring is 1. The van der Waals surface area contributed by atoms with Crippen LogP contribution in [0.3, 0.4) is 0 Å². The van der Waals surface area contributed by atoms with Crippen LogP contribution in [0.1, 0.15) is 19.8 Å². The summed E-state index contributed by atoms with van der Waals surface area (Å²) >= 11 is 0. The van der Waals surface area contributed by atoms with Gasteiger partial charge in [0.05, 0.1) is 11.5 Å². The number of aliphatic hydroxyl groups is 1. The van der Waals surface area contributed by atoms with Gasteiger partial charge in [-0.25, -0.2) is 0 Å². The van der Waals surface area contributed by atoms with Gasteiger partial charge >= 0.3 is 5.69 Å². The highest BCUT2D eigenvalue weighted by Crippen LogP contribution is 2.34. The van der Waals surface area contributed by atoms with Crippen molar-refractivity contribution in [3.63, 3.8) is 0 Å². The van der Waals surface area contributed by atoms with E-state index in [2.05, 4.69) is 22.2 Å². The van der Waals surface area contributed by atoms with Crippen LogP contribution in [0.25, 0.3) is 0 Å². The van der Waals surface area contributed by atoms with Crippen LogP contribution in [0.5, 0.6) is 0 Å². The smallest absolute Gasteiger partial charge is 0.353 e. The zero-order chi connectivity index (χ0) is 15.4. The lowest BCUT2D eigenvalue weighted by Gasteiger charge is -2.31. The number of nitrogens with zero attached hydrogens (tertiary/aromatic N) is 4. The molecular formula is C12H20N6O3. The third-order valence-corrected chi connectivity index (χ3v) is 3.55. The molecule has 1 aromatic heterocycles. The van der Waals surface area contributed by atoms with E-state index >= 15 is 0 Å². The van der Waals surface area contributed by atoms with E-state index in [1.54, 1.807) is 0 Å². The van der Waals surface area contributed by atoms with Crippen molar-refractivity contribution in [2.45, 2.75) is 19.8 Å². The Bertz CT molecular complexity index is 516. The van der Waals surface area contributed by atoms with Crippen LogP contribution in [0.2, 0.25) is 0 Å². The molecule has 1 fully saturated rings. The van der Waals surface area contributed by atoms with Crippen molar-refractivity contribution in [1.82, 2.24) is 9.97 Å². The third kappa shape index (κ3) is 3.48. The van der Waals surface area contributed by atoms with Gasteiger partial charge in [0.2, 0.25) is 17.6 Å². The van der Waals surface area contributed by atoms with Gasteiger partial charge in [-0.15, -0.1) is 0 Å². The van der Waals surface area contributed by atoms with Crippen LogP contribution in [0, 0.1) is 16.0 Å². The molecule has 116 valence electrons. The molecule has 1 aliphatic rings. The maximum Gasteiger partial charge on any atom is 0.353 e. The number of nitro groups is 1. The van der Waals surface area contributed by atoms with E-state index in [0.29, 0.717) is 19.0 Å². The average molecular weight is 296 g/mol. The second-order valence-electron chi connectivity index (χ2n) is 5.18. The molecule has 21 heavy (non-hydrogen) atoms. The molecular weight excluding hydrogens is 276 g/mol. The Morgan fingerprint density at radius 1 is 1.48 bits per heavy atom. The van der Waals surface area contributed by atoms with E-state index < -0.39 is 4.92 Å². The lowest BCUT2D eigenvalue weighted by Crippen LogP contribution is -2.34. The van der Waals surface area contributed by atoms with Crippen molar-refractivity contribution >= 4 is 23.3 Å². The molecule has 2 rings (SSSR count). The second-order valence-corrected chi connectivity index (χ2v) is 5.18. The Labute approximate surface area is 122 Å². The van der Waals surface area contributed by atoms with Gasteiger partial charge in [0.1, 0.15) is 0 Å². The first-order chi connectivity index (χ1) is 10.0. The normalized spacial score (nSPS) is 16.0. The number of hydrogen-bond donors (Lipinski definition) is 3. The van der Waals surface area contributed by atoms with E-state index in [1.165, 1.54) is 0 Å². The minimum absolute atomic E-state index is 0.0865. The molecule has 0 radical (unpaired) electrons. The molecule has 0 spiro atoms. The van der Waals surface area contributed by atoms with Gasteiger partial charge in [-0.2, -0.15) is 9.97 Å². The Kier molecular flexibility index (Phi) is 4.73. The summed E-state index contributed by atoms with van der Waals surface area (Å²) in [6, 6.07) is 0. The molecule has 1 aromatic rings. The third-order valence-electron chi connectivity index (χ3n) is 3.55. The fraction of sp³-hybridized carbons (Fsp3) is 0.667. The molecule has 9 heteroatoms. The Morgan fingerprint density at radius 2 is 2.14 bits per heavy atom. The van der Waals surface area contributed by atoms with E-state index in [4.69, 9.17) is 10.8 Å². The van der Waals surface area contributed by atoms with Crippen molar-refractivity contribution in [2.24, 2.45) is 5.92 Å². The zero-order valence-electron chi connectivity index (χ0n) is 11.9. The Hall–Kier alpha value is -2.16. The number of aromatic nitrogens is 2. The van der Waals surface area contributed by atoms with Crippen molar-refractivity contribution in [3.8, 4) is 0 Å². The van der Waals surface area contributed by atoms with Crippen molar-refractivity contribution < 1.29 is 10.0 Å². The van der Waals surface area contributed by atoms with Crippen molar-refractivity contribution in [1.29, 1.82) is 0 Å². The quantitative estimate of drug-likeness (QED) is 0.532. The summed E-state index contributed by atoms with van der Waals surface area (Å²) < 4.78 is 0. The topological polar surface area (TPSA) is 130 Å². The van der Waals surface area contributed by atoms with E-state index in [0.717, 1.165) is 12.8 Å². The maximum atomic E-state index is 11.2. The van der Waals surface area contributed by atoms with Crippen LogP contribution >= 0.6 is 0 Å². The van der Waals surface area contributed by atoms with Gasteiger partial charge in [-0.1, -0.05) is 6.92 Å². The SMILES string of the molecule is CC1CCN(c2nc(NCCO)nc(N)c2[N+](=O)[O-])CC1. The summed E-state index contributed by atoms with van der Waals surface area (Å²) in [5.41, 5.74) is 5.46. The molecule has 0 saturated carbocycles. The minimum Gasteiger partial charge on any atom is -0.395 e. The Balaban J connectivity index is 2.35. The van der Waals surface area contributed by atoms with Crippen LogP contribution in [0.4, 0.5) is 23.3 Å². The average Bonchev–Trinajstić information content (AvgIpc) is 2.44. The molecule has 1 saturated heterocycles. The monoisotopic (exact) mass is 296 g/mol. The fourth-order valence-corrected chi connectivity index (χ4v) is 2.32. The van der Waals surface area contributed by atoms with Gasteiger partial charge in [0.15, 0.2) is 0 Å². The van der Waals surface area contributed by atoms with E-state index in [9.17, 15) is 10.1 Å². The molecule has 0 atom stereocenters. The molecule has 1 aliphatic heterocycles. The number of aliphatic hydroxyl groups excluding tert-OH is 1. The summed E-state index contributed by atoms with van der Waals surface area (Å²) in [5.74, 6) is 0.885. The molecule has 9 nitrogen and oxygen atoms in total. The van der Waals surface area contributed by atoms with E-state index in [1.807, 2.05) is 4.90 Å². The molecule has 0 amide bonds. The highest BCUT2D eigenvalue weighted by molar-refractivity contribution is 5.71. The minimum atomic E-state index is -0.543. The summed E-state index contributed by atoms with van der Waals surface area (Å²) in [6.07, 6.45) is 1.92. The van der Waals surface area contributed by atoms with E-state index in [-0.39, 0.29) is 36.4 Å². The second kappa shape index (κ2) is 6.53. The molecule has 0 unspecified atom stereocenters. The summed E-state index contributed by atoms with van der Waals surface area (Å²) in [7, 11) is 0.